The van der Waals surface area contributed by atoms with Gasteiger partial charge in [-0.05, 0) is 26.0 Å². The van der Waals surface area contributed by atoms with Gasteiger partial charge in [-0.2, -0.15) is 0 Å². The molecule has 0 aromatic heterocycles. The molecule has 0 spiro atoms. The number of esters is 1. The fraction of sp³-hybridized carbons (Fsp3) is 0.364. The first-order chi connectivity index (χ1) is 6.93. The highest BCUT2D eigenvalue weighted by atomic mass is 16.6. The van der Waals surface area contributed by atoms with Gasteiger partial charge in [-0.25, -0.2) is 10.6 Å². The summed E-state index contributed by atoms with van der Waals surface area (Å²) in [6, 6.07) is 5.45. The first-order valence-electron chi connectivity index (χ1n) is 4.79. The van der Waals surface area contributed by atoms with Gasteiger partial charge in [0.15, 0.2) is 0 Å². The van der Waals surface area contributed by atoms with Crippen molar-refractivity contribution in [2.75, 3.05) is 12.1 Å². The number of cyclic esters (lactones) is 1. The summed E-state index contributed by atoms with van der Waals surface area (Å²) in [5, 5.41) is 1.50. The van der Waals surface area contributed by atoms with E-state index in [1.807, 2.05) is 19.9 Å². The molecule has 0 unspecified atom stereocenters. The predicted octanol–water partition coefficient (Wildman–Crippen LogP) is 1.40. The van der Waals surface area contributed by atoms with Crippen LogP contribution in [0.2, 0.25) is 0 Å². The molecule has 4 nitrogen and oxygen atoms in total. The molecule has 0 saturated carbocycles. The van der Waals surface area contributed by atoms with E-state index in [2.05, 4.69) is 0 Å². The largest absolute Gasteiger partial charge is 0.451 e. The Balaban J connectivity index is 2.70. The normalized spacial score (nSPS) is 17.2. The quantitative estimate of drug-likeness (QED) is 0.428. The Labute approximate surface area is 88.6 Å². The van der Waals surface area contributed by atoms with Gasteiger partial charge in [0.1, 0.15) is 5.60 Å². The molecule has 0 fully saturated rings. The van der Waals surface area contributed by atoms with Crippen LogP contribution in [0, 0.1) is 0 Å². The maximum Gasteiger partial charge on any atom is 0.339 e. The Morgan fingerprint density at radius 1 is 1.40 bits per heavy atom. The van der Waals surface area contributed by atoms with Crippen molar-refractivity contribution in [3.63, 3.8) is 0 Å². The molecule has 2 N–H and O–H groups in total. The van der Waals surface area contributed by atoms with E-state index in [0.29, 0.717) is 5.56 Å². The lowest BCUT2D eigenvalue weighted by Crippen LogP contribution is -2.29. The van der Waals surface area contributed by atoms with Crippen LogP contribution in [0.3, 0.4) is 0 Å². The van der Waals surface area contributed by atoms with Crippen molar-refractivity contribution in [2.24, 2.45) is 5.84 Å². The van der Waals surface area contributed by atoms with Crippen LogP contribution in [-0.4, -0.2) is 13.0 Å². The van der Waals surface area contributed by atoms with E-state index in [4.69, 9.17) is 10.6 Å². The molecule has 0 atom stereocenters. The molecule has 0 amide bonds. The first-order valence-corrected chi connectivity index (χ1v) is 4.79. The number of anilines is 1. The summed E-state index contributed by atoms with van der Waals surface area (Å²) >= 11 is 0. The smallest absolute Gasteiger partial charge is 0.339 e. The lowest BCUT2D eigenvalue weighted by atomic mass is 9.94. The summed E-state index contributed by atoms with van der Waals surface area (Å²) in [5.41, 5.74) is 1.69. The maximum atomic E-state index is 11.6. The van der Waals surface area contributed by atoms with Crippen LogP contribution in [0.1, 0.15) is 29.8 Å². The summed E-state index contributed by atoms with van der Waals surface area (Å²) < 4.78 is 5.29. The van der Waals surface area contributed by atoms with E-state index in [1.54, 1.807) is 19.2 Å². The number of carbonyl (C=O) groups is 1. The highest BCUT2D eigenvalue weighted by Gasteiger charge is 2.40. The number of rotatable bonds is 1. The monoisotopic (exact) mass is 206 g/mol. The summed E-state index contributed by atoms with van der Waals surface area (Å²) in [4.78, 5) is 11.6. The second-order valence-electron chi connectivity index (χ2n) is 4.21. The third kappa shape index (κ3) is 1.37. The van der Waals surface area contributed by atoms with Crippen molar-refractivity contribution in [3.05, 3.63) is 29.3 Å². The van der Waals surface area contributed by atoms with E-state index in [1.165, 1.54) is 5.01 Å². The van der Waals surface area contributed by atoms with E-state index >= 15 is 0 Å². The minimum Gasteiger partial charge on any atom is -0.451 e. The van der Waals surface area contributed by atoms with Gasteiger partial charge < -0.3 is 9.75 Å². The van der Waals surface area contributed by atoms with Crippen molar-refractivity contribution in [1.29, 1.82) is 0 Å². The summed E-state index contributed by atoms with van der Waals surface area (Å²) in [6.45, 7) is 3.73. The van der Waals surface area contributed by atoms with Gasteiger partial charge in [0.2, 0.25) is 0 Å². The average Bonchev–Trinajstić information content (AvgIpc) is 2.37. The zero-order chi connectivity index (χ0) is 11.2. The topological polar surface area (TPSA) is 55.6 Å². The van der Waals surface area contributed by atoms with Crippen molar-refractivity contribution in [1.82, 2.24) is 0 Å². The lowest BCUT2D eigenvalue weighted by Gasteiger charge is -2.23. The van der Waals surface area contributed by atoms with Crippen LogP contribution in [-0.2, 0) is 10.3 Å². The number of hydrogen-bond donors (Lipinski definition) is 1. The second-order valence-corrected chi connectivity index (χ2v) is 4.21. The summed E-state index contributed by atoms with van der Waals surface area (Å²) in [5.74, 6) is 5.44. The van der Waals surface area contributed by atoms with Gasteiger partial charge in [0, 0.05) is 12.6 Å². The third-order valence-corrected chi connectivity index (χ3v) is 2.59. The number of ether oxygens (including phenoxy) is 1. The van der Waals surface area contributed by atoms with Crippen LogP contribution < -0.4 is 10.9 Å². The molecule has 0 radical (unpaired) electrons. The third-order valence-electron chi connectivity index (χ3n) is 2.59. The minimum atomic E-state index is -0.601. The molecule has 1 aliphatic rings. The fourth-order valence-corrected chi connectivity index (χ4v) is 1.97. The Morgan fingerprint density at radius 3 is 2.67 bits per heavy atom. The number of nitrogens with zero attached hydrogens (tertiary/aromatic N) is 1. The zero-order valence-electron chi connectivity index (χ0n) is 9.07. The lowest BCUT2D eigenvalue weighted by molar-refractivity contribution is 0.00968. The van der Waals surface area contributed by atoms with Gasteiger partial charge in [0.25, 0.3) is 0 Å². The van der Waals surface area contributed by atoms with Crippen LogP contribution in [0.4, 0.5) is 5.69 Å². The molecule has 4 heteroatoms. The van der Waals surface area contributed by atoms with Gasteiger partial charge in [-0.15, -0.1) is 0 Å². The number of fused-ring (bicyclic) bond motifs is 1. The highest BCUT2D eigenvalue weighted by molar-refractivity contribution is 5.96. The summed E-state index contributed by atoms with van der Waals surface area (Å²) in [7, 11) is 1.74. The first kappa shape index (κ1) is 9.98. The summed E-state index contributed by atoms with van der Waals surface area (Å²) in [6.07, 6.45) is 0. The van der Waals surface area contributed by atoms with E-state index in [9.17, 15) is 4.79 Å². The number of nitrogens with two attached hydrogens (primary N) is 1. The zero-order valence-corrected chi connectivity index (χ0v) is 9.07. The molecular formula is C11H14N2O2. The number of carbonyl (C=O) groups excluding carboxylic acids is 1. The predicted molar refractivity (Wildman–Crippen MR) is 57.5 cm³/mol. The molecule has 15 heavy (non-hydrogen) atoms. The molecule has 0 aliphatic carbocycles. The number of hydrazine groups is 1. The van der Waals surface area contributed by atoms with Crippen LogP contribution in [0.25, 0.3) is 0 Å². The molecule has 0 bridgehead atoms. The van der Waals surface area contributed by atoms with Crippen molar-refractivity contribution < 1.29 is 9.53 Å². The second kappa shape index (κ2) is 2.97. The molecular weight excluding hydrogens is 192 g/mol. The van der Waals surface area contributed by atoms with Gasteiger partial charge >= 0.3 is 5.97 Å². The standard InChI is InChI=1S/C11H14N2O2/c1-11(2)9-7(10(14)15-11)5-4-6-8(9)13(3)12/h4-6H,12H2,1-3H3. The van der Waals surface area contributed by atoms with Crippen molar-refractivity contribution in [2.45, 2.75) is 19.4 Å². The van der Waals surface area contributed by atoms with Gasteiger partial charge in [0.05, 0.1) is 11.3 Å². The van der Waals surface area contributed by atoms with Crippen LogP contribution in [0.15, 0.2) is 18.2 Å². The molecule has 1 aliphatic heterocycles. The Morgan fingerprint density at radius 2 is 2.07 bits per heavy atom. The highest BCUT2D eigenvalue weighted by Crippen LogP contribution is 2.40. The molecule has 1 aromatic rings. The van der Waals surface area contributed by atoms with E-state index in [-0.39, 0.29) is 5.97 Å². The van der Waals surface area contributed by atoms with Gasteiger partial charge in [-0.3, -0.25) is 0 Å². The Kier molecular flexibility index (Phi) is 1.98. The average molecular weight is 206 g/mol. The Hall–Kier alpha value is -1.55. The van der Waals surface area contributed by atoms with Crippen molar-refractivity contribution in [3.8, 4) is 0 Å². The molecule has 80 valence electrons. The number of hydrogen-bond acceptors (Lipinski definition) is 4. The van der Waals surface area contributed by atoms with Crippen LogP contribution in [0.5, 0.6) is 0 Å². The van der Waals surface area contributed by atoms with Gasteiger partial charge in [-0.1, -0.05) is 6.07 Å². The van der Waals surface area contributed by atoms with Crippen LogP contribution >= 0.6 is 0 Å². The maximum absolute atomic E-state index is 11.6. The van der Waals surface area contributed by atoms with Crippen molar-refractivity contribution >= 4 is 11.7 Å². The van der Waals surface area contributed by atoms with E-state index < -0.39 is 5.60 Å². The molecule has 0 saturated heterocycles. The molecule has 1 aromatic carbocycles. The molecule has 2 rings (SSSR count). The Bertz CT molecular complexity index is 425. The van der Waals surface area contributed by atoms with E-state index in [0.717, 1.165) is 11.3 Å². The number of benzene rings is 1. The fourth-order valence-electron chi connectivity index (χ4n) is 1.97. The molecule has 1 heterocycles. The minimum absolute atomic E-state index is 0.279. The SMILES string of the molecule is CN(N)c1cccc2c1C(C)(C)OC2=O.